The molecule has 112 valence electrons. The standard InChI is InChI=1S/C18H24NOP/c1-3-4-15-19(2)16-21(20,17-11-7-5-8-12-17)18-13-9-6-10-14-18/h5-14H,3-4,15-16H2,1-2H3. The van der Waals surface area contributed by atoms with Crippen LogP contribution in [-0.2, 0) is 4.57 Å². The van der Waals surface area contributed by atoms with Crippen LogP contribution in [0.25, 0.3) is 0 Å². The number of unbranched alkanes of at least 4 members (excludes halogenated alkanes) is 1. The number of hydrogen-bond acceptors (Lipinski definition) is 2. The number of hydrogen-bond donors (Lipinski definition) is 0. The Kier molecular flexibility index (Phi) is 5.78. The van der Waals surface area contributed by atoms with Crippen molar-refractivity contribution in [1.82, 2.24) is 4.90 Å². The third kappa shape index (κ3) is 4.06. The molecule has 0 N–H and O–H groups in total. The fraction of sp³-hybridized carbons (Fsp3) is 0.333. The zero-order valence-electron chi connectivity index (χ0n) is 12.9. The highest BCUT2D eigenvalue weighted by molar-refractivity contribution is 7.78. The van der Waals surface area contributed by atoms with Gasteiger partial charge in [-0.3, -0.25) is 4.90 Å². The van der Waals surface area contributed by atoms with Gasteiger partial charge in [-0.2, -0.15) is 0 Å². The Balaban J connectivity index is 2.34. The van der Waals surface area contributed by atoms with Gasteiger partial charge in [-0.05, 0) is 20.0 Å². The zero-order valence-corrected chi connectivity index (χ0v) is 13.8. The summed E-state index contributed by atoms with van der Waals surface area (Å²) < 4.78 is 13.7. The van der Waals surface area contributed by atoms with Gasteiger partial charge in [0, 0.05) is 10.6 Å². The molecule has 21 heavy (non-hydrogen) atoms. The molecular weight excluding hydrogens is 277 g/mol. The molecule has 0 heterocycles. The molecule has 0 radical (unpaired) electrons. The molecule has 0 unspecified atom stereocenters. The Bertz CT molecular complexity index is 539. The lowest BCUT2D eigenvalue weighted by molar-refractivity contribution is 0.374. The number of benzene rings is 2. The van der Waals surface area contributed by atoms with E-state index in [4.69, 9.17) is 0 Å². The molecule has 0 saturated carbocycles. The Morgan fingerprint density at radius 2 is 1.38 bits per heavy atom. The molecule has 0 saturated heterocycles. The lowest BCUT2D eigenvalue weighted by atomic mass is 10.3. The lowest BCUT2D eigenvalue weighted by Gasteiger charge is -2.25. The molecule has 2 nitrogen and oxygen atoms in total. The Morgan fingerprint density at radius 1 is 0.905 bits per heavy atom. The van der Waals surface area contributed by atoms with Gasteiger partial charge in [0.1, 0.15) is 0 Å². The Labute approximate surface area is 128 Å². The molecule has 0 aliphatic carbocycles. The smallest absolute Gasteiger partial charge is 0.156 e. The van der Waals surface area contributed by atoms with E-state index in [2.05, 4.69) is 18.9 Å². The fourth-order valence-electron chi connectivity index (χ4n) is 2.49. The fourth-order valence-corrected chi connectivity index (χ4v) is 5.24. The van der Waals surface area contributed by atoms with Gasteiger partial charge in [-0.25, -0.2) is 0 Å². The molecule has 0 fully saturated rings. The van der Waals surface area contributed by atoms with E-state index in [-0.39, 0.29) is 0 Å². The Hall–Kier alpha value is -1.37. The first kappa shape index (κ1) is 16.0. The summed E-state index contributed by atoms with van der Waals surface area (Å²) in [7, 11) is -0.531. The van der Waals surface area contributed by atoms with Crippen LogP contribution in [0.15, 0.2) is 60.7 Å². The predicted molar refractivity (Wildman–Crippen MR) is 92.2 cm³/mol. The molecule has 2 rings (SSSR count). The van der Waals surface area contributed by atoms with E-state index in [9.17, 15) is 4.57 Å². The van der Waals surface area contributed by atoms with Gasteiger partial charge >= 0.3 is 0 Å². The van der Waals surface area contributed by atoms with Crippen LogP contribution >= 0.6 is 7.14 Å². The minimum atomic E-state index is -2.59. The summed E-state index contributed by atoms with van der Waals surface area (Å²) in [6.45, 7) is 3.17. The summed E-state index contributed by atoms with van der Waals surface area (Å²) in [6, 6.07) is 19.8. The van der Waals surface area contributed by atoms with Crippen molar-refractivity contribution in [3.8, 4) is 0 Å². The van der Waals surface area contributed by atoms with Crippen LogP contribution in [-0.4, -0.2) is 24.8 Å². The molecule has 0 amide bonds. The van der Waals surface area contributed by atoms with Crippen molar-refractivity contribution >= 4 is 17.8 Å². The first-order valence-electron chi connectivity index (χ1n) is 7.55. The molecular formula is C18H24NOP. The molecule has 0 aliphatic heterocycles. The van der Waals surface area contributed by atoms with Crippen LogP contribution in [0.2, 0.25) is 0 Å². The quantitative estimate of drug-likeness (QED) is 0.727. The molecule has 2 aromatic carbocycles. The second-order valence-electron chi connectivity index (χ2n) is 5.49. The van der Waals surface area contributed by atoms with Crippen molar-refractivity contribution in [2.75, 3.05) is 19.9 Å². The minimum absolute atomic E-state index is 0.598. The summed E-state index contributed by atoms with van der Waals surface area (Å²) in [6.07, 6.45) is 2.90. The highest BCUT2D eigenvalue weighted by Crippen LogP contribution is 2.43. The summed E-state index contributed by atoms with van der Waals surface area (Å²) >= 11 is 0. The van der Waals surface area contributed by atoms with Crippen LogP contribution in [0.5, 0.6) is 0 Å². The van der Waals surface area contributed by atoms with Crippen LogP contribution < -0.4 is 10.6 Å². The highest BCUT2D eigenvalue weighted by atomic mass is 31.2. The van der Waals surface area contributed by atoms with Gasteiger partial charge in [-0.15, -0.1) is 0 Å². The van der Waals surface area contributed by atoms with E-state index in [0.717, 1.165) is 30.0 Å². The van der Waals surface area contributed by atoms with Crippen molar-refractivity contribution < 1.29 is 4.57 Å². The predicted octanol–water partition coefficient (Wildman–Crippen LogP) is 3.69. The van der Waals surface area contributed by atoms with Crippen molar-refractivity contribution in [2.24, 2.45) is 0 Å². The topological polar surface area (TPSA) is 20.3 Å². The number of rotatable bonds is 7. The SMILES string of the molecule is CCCCN(C)CP(=O)(c1ccccc1)c1ccccc1. The van der Waals surface area contributed by atoms with Crippen molar-refractivity contribution in [3.63, 3.8) is 0 Å². The van der Waals surface area contributed by atoms with Gasteiger partial charge in [-0.1, -0.05) is 74.0 Å². The lowest BCUT2D eigenvalue weighted by Crippen LogP contribution is -2.28. The molecule has 0 bridgehead atoms. The second-order valence-corrected chi connectivity index (χ2v) is 8.28. The van der Waals surface area contributed by atoms with Gasteiger partial charge in [0.25, 0.3) is 0 Å². The van der Waals surface area contributed by atoms with E-state index >= 15 is 0 Å². The molecule has 0 aromatic heterocycles. The minimum Gasteiger partial charge on any atom is -0.312 e. The van der Waals surface area contributed by atoms with Gasteiger partial charge in [0.15, 0.2) is 7.14 Å². The van der Waals surface area contributed by atoms with Crippen molar-refractivity contribution in [3.05, 3.63) is 60.7 Å². The van der Waals surface area contributed by atoms with E-state index in [1.54, 1.807) is 0 Å². The summed E-state index contributed by atoms with van der Waals surface area (Å²) in [4.78, 5) is 2.20. The summed E-state index contributed by atoms with van der Waals surface area (Å²) in [5.74, 6) is 0. The molecule has 2 aromatic rings. The maximum Gasteiger partial charge on any atom is 0.156 e. The van der Waals surface area contributed by atoms with E-state index in [1.165, 1.54) is 0 Å². The monoisotopic (exact) mass is 301 g/mol. The second kappa shape index (κ2) is 7.59. The number of nitrogens with zero attached hydrogens (tertiary/aromatic N) is 1. The van der Waals surface area contributed by atoms with Crippen molar-refractivity contribution in [1.29, 1.82) is 0 Å². The van der Waals surface area contributed by atoms with Crippen LogP contribution in [0.1, 0.15) is 19.8 Å². The molecule has 0 atom stereocenters. The highest BCUT2D eigenvalue weighted by Gasteiger charge is 2.28. The molecule has 0 spiro atoms. The van der Waals surface area contributed by atoms with Crippen LogP contribution in [0, 0.1) is 0 Å². The van der Waals surface area contributed by atoms with Crippen LogP contribution in [0.4, 0.5) is 0 Å². The first-order valence-corrected chi connectivity index (χ1v) is 9.45. The van der Waals surface area contributed by atoms with E-state index in [0.29, 0.717) is 6.29 Å². The Morgan fingerprint density at radius 3 is 1.81 bits per heavy atom. The van der Waals surface area contributed by atoms with Gasteiger partial charge < -0.3 is 4.57 Å². The molecule has 0 aliphatic rings. The largest absolute Gasteiger partial charge is 0.312 e. The normalized spacial score (nSPS) is 11.8. The summed E-state index contributed by atoms with van der Waals surface area (Å²) in [5.41, 5.74) is 0. The summed E-state index contributed by atoms with van der Waals surface area (Å²) in [5, 5.41) is 1.89. The maximum absolute atomic E-state index is 13.7. The molecule has 3 heteroatoms. The third-order valence-corrected chi connectivity index (χ3v) is 6.83. The van der Waals surface area contributed by atoms with Crippen molar-refractivity contribution in [2.45, 2.75) is 19.8 Å². The average Bonchev–Trinajstić information content (AvgIpc) is 2.54. The third-order valence-electron chi connectivity index (χ3n) is 3.68. The van der Waals surface area contributed by atoms with Gasteiger partial charge in [0.2, 0.25) is 0 Å². The first-order chi connectivity index (χ1) is 10.2. The average molecular weight is 301 g/mol. The van der Waals surface area contributed by atoms with Gasteiger partial charge in [0.05, 0.1) is 6.29 Å². The van der Waals surface area contributed by atoms with Crippen LogP contribution in [0.3, 0.4) is 0 Å². The zero-order chi connectivity index (χ0) is 15.1. The van der Waals surface area contributed by atoms with E-state index < -0.39 is 7.14 Å². The van der Waals surface area contributed by atoms with E-state index in [1.807, 2.05) is 60.7 Å². The maximum atomic E-state index is 13.7.